The predicted molar refractivity (Wildman–Crippen MR) is 94.0 cm³/mol. The number of imidazole rings is 1. The molecule has 3 rings (SSSR count). The maximum Gasteiger partial charge on any atom is 0.409 e. The summed E-state index contributed by atoms with van der Waals surface area (Å²) in [5.41, 5.74) is 3.04. The van der Waals surface area contributed by atoms with E-state index in [4.69, 9.17) is 4.74 Å². The normalized spacial score (nSPS) is 15.9. The van der Waals surface area contributed by atoms with E-state index in [9.17, 15) is 4.79 Å². The number of halogens is 1. The van der Waals surface area contributed by atoms with E-state index in [1.807, 2.05) is 24.3 Å². The van der Waals surface area contributed by atoms with Crippen LogP contribution in [0.15, 0.2) is 10.7 Å². The van der Waals surface area contributed by atoms with Gasteiger partial charge in [-0.2, -0.15) is 0 Å². The van der Waals surface area contributed by atoms with Gasteiger partial charge in [0.2, 0.25) is 5.78 Å². The number of hydrogen-bond donors (Lipinski definition) is 0. The van der Waals surface area contributed by atoms with Crippen molar-refractivity contribution >= 4 is 27.8 Å². The molecule has 1 aliphatic rings. The van der Waals surface area contributed by atoms with Gasteiger partial charge in [-0.15, -0.1) is 0 Å². The first-order valence-corrected chi connectivity index (χ1v) is 8.94. The number of carbonyl (C=O) groups excluding carboxylic acids is 1. The molecule has 1 fully saturated rings. The number of aromatic nitrogens is 3. The summed E-state index contributed by atoms with van der Waals surface area (Å²) in [4.78, 5) is 25.0. The van der Waals surface area contributed by atoms with Crippen LogP contribution in [0.25, 0.3) is 5.78 Å². The van der Waals surface area contributed by atoms with Crippen molar-refractivity contribution < 1.29 is 9.53 Å². The molecule has 1 saturated heterocycles. The maximum atomic E-state index is 11.8. The number of amides is 1. The highest BCUT2D eigenvalue weighted by atomic mass is 79.9. The molecule has 0 atom stereocenters. The predicted octanol–water partition coefficient (Wildman–Crippen LogP) is 2.38. The average molecular weight is 396 g/mol. The monoisotopic (exact) mass is 395 g/mol. The van der Waals surface area contributed by atoms with Crippen LogP contribution in [0.3, 0.4) is 0 Å². The summed E-state index contributed by atoms with van der Waals surface area (Å²) in [6, 6.07) is 2.04. The van der Waals surface area contributed by atoms with Crippen molar-refractivity contribution in [2.45, 2.75) is 27.3 Å². The van der Waals surface area contributed by atoms with Gasteiger partial charge in [0, 0.05) is 44.1 Å². The highest BCUT2D eigenvalue weighted by molar-refractivity contribution is 9.10. The molecule has 0 bridgehead atoms. The molecular weight excluding hydrogens is 374 g/mol. The first kappa shape index (κ1) is 17.2. The molecule has 3 heterocycles. The second kappa shape index (κ2) is 7.06. The van der Waals surface area contributed by atoms with Gasteiger partial charge in [-0.25, -0.2) is 14.8 Å². The van der Waals surface area contributed by atoms with E-state index in [2.05, 4.69) is 37.7 Å². The lowest BCUT2D eigenvalue weighted by Crippen LogP contribution is -2.48. The third-order valence-corrected chi connectivity index (χ3v) is 5.00. The van der Waals surface area contributed by atoms with Crippen LogP contribution in [-0.2, 0) is 11.3 Å². The number of carbonyl (C=O) groups is 1. The lowest BCUT2D eigenvalue weighted by atomic mass is 10.3. The van der Waals surface area contributed by atoms with Crippen molar-refractivity contribution in [1.29, 1.82) is 0 Å². The quantitative estimate of drug-likeness (QED) is 0.797. The number of ether oxygens (including phenoxy) is 1. The third-order valence-electron chi connectivity index (χ3n) is 4.19. The molecular formula is C16H22BrN5O2. The lowest BCUT2D eigenvalue weighted by Gasteiger charge is -2.33. The van der Waals surface area contributed by atoms with Crippen molar-refractivity contribution in [2.75, 3.05) is 32.8 Å². The van der Waals surface area contributed by atoms with Crippen LogP contribution in [0.2, 0.25) is 0 Å². The lowest BCUT2D eigenvalue weighted by molar-refractivity contribution is 0.0775. The fraction of sp³-hybridized carbons (Fsp3) is 0.562. The van der Waals surface area contributed by atoms with Crippen molar-refractivity contribution in [3.63, 3.8) is 0 Å². The first-order chi connectivity index (χ1) is 11.5. The molecule has 0 unspecified atom stereocenters. The molecule has 0 spiro atoms. The Balaban J connectivity index is 1.69. The molecule has 130 valence electrons. The summed E-state index contributed by atoms with van der Waals surface area (Å²) in [6.45, 7) is 9.99. The zero-order valence-electron chi connectivity index (χ0n) is 14.3. The van der Waals surface area contributed by atoms with Gasteiger partial charge in [0.25, 0.3) is 0 Å². The Kier molecular flexibility index (Phi) is 5.05. The molecule has 0 saturated carbocycles. The van der Waals surface area contributed by atoms with Crippen LogP contribution in [0.4, 0.5) is 4.79 Å². The van der Waals surface area contributed by atoms with Crippen molar-refractivity contribution in [3.05, 3.63) is 27.8 Å². The molecule has 7 nitrogen and oxygen atoms in total. The van der Waals surface area contributed by atoms with Crippen molar-refractivity contribution in [3.8, 4) is 0 Å². The number of hydrogen-bond acceptors (Lipinski definition) is 5. The summed E-state index contributed by atoms with van der Waals surface area (Å²) >= 11 is 3.66. The van der Waals surface area contributed by atoms with Gasteiger partial charge >= 0.3 is 6.09 Å². The van der Waals surface area contributed by atoms with Crippen LogP contribution in [0, 0.1) is 13.8 Å². The molecule has 2 aromatic rings. The smallest absolute Gasteiger partial charge is 0.409 e. The minimum atomic E-state index is -0.221. The van der Waals surface area contributed by atoms with Crippen molar-refractivity contribution in [2.24, 2.45) is 0 Å². The minimum absolute atomic E-state index is 0.221. The highest BCUT2D eigenvalue weighted by Gasteiger charge is 2.23. The van der Waals surface area contributed by atoms with Crippen LogP contribution in [0.1, 0.15) is 24.0 Å². The summed E-state index contributed by atoms with van der Waals surface area (Å²) in [7, 11) is 0. The number of piperazine rings is 1. The van der Waals surface area contributed by atoms with Crippen LogP contribution < -0.4 is 0 Å². The molecule has 2 aromatic heterocycles. The van der Waals surface area contributed by atoms with Crippen molar-refractivity contribution in [1.82, 2.24) is 24.2 Å². The first-order valence-electron chi connectivity index (χ1n) is 8.14. The van der Waals surface area contributed by atoms with E-state index in [0.29, 0.717) is 19.7 Å². The van der Waals surface area contributed by atoms with Gasteiger partial charge in [0.05, 0.1) is 12.3 Å². The van der Waals surface area contributed by atoms with Gasteiger partial charge < -0.3 is 9.64 Å². The summed E-state index contributed by atoms with van der Waals surface area (Å²) in [6.07, 6.45) is -0.221. The number of rotatable bonds is 3. The Hall–Kier alpha value is -1.67. The van der Waals surface area contributed by atoms with E-state index in [1.165, 1.54) is 0 Å². The van der Waals surface area contributed by atoms with E-state index in [0.717, 1.165) is 47.1 Å². The summed E-state index contributed by atoms with van der Waals surface area (Å²) in [5, 5.41) is 0. The Labute approximate surface area is 149 Å². The standard InChI is InChI=1S/C16H22BrN5O2/c1-4-24-16(23)21-7-5-20(6-8-21)10-13-14(17)22-12(3)9-11(2)18-15(22)19-13/h9H,4-8,10H2,1-3H3. The number of aryl methyl sites for hydroxylation is 2. The molecule has 8 heteroatoms. The molecule has 1 amide bonds. The SMILES string of the molecule is CCOC(=O)N1CCN(Cc2nc3nc(C)cc(C)n3c2Br)CC1. The van der Waals surface area contributed by atoms with E-state index < -0.39 is 0 Å². The third kappa shape index (κ3) is 3.39. The Morgan fingerprint density at radius 2 is 1.96 bits per heavy atom. The fourth-order valence-electron chi connectivity index (χ4n) is 2.99. The van der Waals surface area contributed by atoms with Crippen LogP contribution in [-0.4, -0.2) is 63.0 Å². The minimum Gasteiger partial charge on any atom is -0.450 e. The summed E-state index contributed by atoms with van der Waals surface area (Å²) in [5.74, 6) is 0.722. The largest absolute Gasteiger partial charge is 0.450 e. The molecule has 0 aliphatic carbocycles. The Morgan fingerprint density at radius 3 is 2.62 bits per heavy atom. The van der Waals surface area contributed by atoms with Gasteiger partial charge in [-0.05, 0) is 42.8 Å². The molecule has 0 aromatic carbocycles. The zero-order chi connectivity index (χ0) is 17.3. The topological polar surface area (TPSA) is 63.0 Å². The second-order valence-corrected chi connectivity index (χ2v) is 6.74. The van der Waals surface area contributed by atoms with E-state index >= 15 is 0 Å². The zero-order valence-corrected chi connectivity index (χ0v) is 15.8. The van der Waals surface area contributed by atoms with Crippen LogP contribution in [0.5, 0.6) is 0 Å². The maximum absolute atomic E-state index is 11.8. The van der Waals surface area contributed by atoms with Gasteiger partial charge in [-0.3, -0.25) is 9.30 Å². The molecule has 0 radical (unpaired) electrons. The van der Waals surface area contributed by atoms with Gasteiger partial charge in [-0.1, -0.05) is 0 Å². The van der Waals surface area contributed by atoms with Gasteiger partial charge in [0.15, 0.2) is 0 Å². The van der Waals surface area contributed by atoms with E-state index in [1.54, 1.807) is 4.90 Å². The Bertz CT molecular complexity index is 752. The average Bonchev–Trinajstić information content (AvgIpc) is 2.84. The Morgan fingerprint density at radius 1 is 1.25 bits per heavy atom. The van der Waals surface area contributed by atoms with Crippen LogP contribution >= 0.6 is 15.9 Å². The number of fused-ring (bicyclic) bond motifs is 1. The highest BCUT2D eigenvalue weighted by Crippen LogP contribution is 2.22. The second-order valence-electron chi connectivity index (χ2n) is 5.99. The molecule has 0 N–H and O–H groups in total. The molecule has 24 heavy (non-hydrogen) atoms. The molecule has 1 aliphatic heterocycles. The fourth-order valence-corrected chi connectivity index (χ4v) is 3.65. The van der Waals surface area contributed by atoms with E-state index in [-0.39, 0.29) is 6.09 Å². The number of nitrogens with zero attached hydrogens (tertiary/aromatic N) is 5. The van der Waals surface area contributed by atoms with Gasteiger partial charge in [0.1, 0.15) is 4.60 Å². The summed E-state index contributed by atoms with van der Waals surface area (Å²) < 4.78 is 8.03.